The Morgan fingerprint density at radius 1 is 1.15 bits per heavy atom. The molecule has 0 aliphatic carbocycles. The lowest BCUT2D eigenvalue weighted by atomic mass is 9.84. The number of aliphatic hydroxyl groups is 1. The molecule has 3 aromatic rings. The second-order valence-electron chi connectivity index (χ2n) is 9.82. The number of hydrogen-bond acceptors (Lipinski definition) is 7. The molecule has 39 heavy (non-hydrogen) atoms. The number of rotatable bonds is 8. The van der Waals surface area contributed by atoms with Crippen LogP contribution in [0.25, 0.3) is 5.57 Å². The maximum Gasteiger partial charge on any atom is 0.344 e. The zero-order chi connectivity index (χ0) is 27.2. The van der Waals surface area contributed by atoms with Crippen LogP contribution >= 0.6 is 11.6 Å². The summed E-state index contributed by atoms with van der Waals surface area (Å²) >= 11 is 6.03. The molecule has 0 amide bonds. The van der Waals surface area contributed by atoms with Gasteiger partial charge in [-0.1, -0.05) is 35.9 Å². The minimum absolute atomic E-state index is 0.151. The Balaban J connectivity index is 1.31. The van der Waals surface area contributed by atoms with Gasteiger partial charge >= 0.3 is 5.97 Å². The van der Waals surface area contributed by atoms with Crippen molar-refractivity contribution in [2.75, 3.05) is 32.8 Å². The van der Waals surface area contributed by atoms with Crippen molar-refractivity contribution in [1.82, 2.24) is 9.88 Å². The summed E-state index contributed by atoms with van der Waals surface area (Å²) < 4.78 is 16.8. The Kier molecular flexibility index (Phi) is 8.50. The predicted molar refractivity (Wildman–Crippen MR) is 150 cm³/mol. The quantitative estimate of drug-likeness (QED) is 0.379. The van der Waals surface area contributed by atoms with E-state index in [9.17, 15) is 9.90 Å². The number of nitrogens with zero attached hydrogens (tertiary/aromatic N) is 2. The van der Waals surface area contributed by atoms with Crippen molar-refractivity contribution < 1.29 is 24.1 Å². The van der Waals surface area contributed by atoms with E-state index in [1.807, 2.05) is 42.5 Å². The SMILES string of the molecule is CCOC(=O)COc1ccc2c(c1)/C(=C/CCN1CCC(O)(c3ccc(Cl)cc3)CC1)c1cccnc1CO2. The molecule has 0 radical (unpaired) electrons. The normalized spacial score (nSPS) is 17.5. The van der Waals surface area contributed by atoms with E-state index in [1.165, 1.54) is 0 Å². The van der Waals surface area contributed by atoms with Crippen molar-refractivity contribution in [3.63, 3.8) is 0 Å². The third-order valence-corrected chi connectivity index (χ3v) is 7.56. The number of carbonyl (C=O) groups excluding carboxylic acids is 1. The van der Waals surface area contributed by atoms with E-state index in [1.54, 1.807) is 19.2 Å². The van der Waals surface area contributed by atoms with Crippen molar-refractivity contribution in [1.29, 1.82) is 0 Å². The van der Waals surface area contributed by atoms with Crippen LogP contribution in [0.1, 0.15) is 48.6 Å². The van der Waals surface area contributed by atoms with Crippen molar-refractivity contribution in [3.8, 4) is 11.5 Å². The number of aromatic nitrogens is 1. The van der Waals surface area contributed by atoms with Crippen molar-refractivity contribution in [2.45, 2.75) is 38.4 Å². The van der Waals surface area contributed by atoms with Gasteiger partial charge in [0.25, 0.3) is 0 Å². The van der Waals surface area contributed by atoms with Crippen LogP contribution in [0.15, 0.2) is 66.9 Å². The van der Waals surface area contributed by atoms with E-state index in [0.29, 0.717) is 36.8 Å². The number of halogens is 1. The van der Waals surface area contributed by atoms with E-state index >= 15 is 0 Å². The summed E-state index contributed by atoms with van der Waals surface area (Å²) in [7, 11) is 0. The molecule has 1 N–H and O–H groups in total. The molecule has 0 bridgehead atoms. The molecular formula is C31H33ClN2O5. The first-order valence-corrected chi connectivity index (χ1v) is 13.7. The topological polar surface area (TPSA) is 81.1 Å². The predicted octanol–water partition coefficient (Wildman–Crippen LogP) is 5.37. The highest BCUT2D eigenvalue weighted by Gasteiger charge is 2.33. The molecule has 204 valence electrons. The lowest BCUT2D eigenvalue weighted by Crippen LogP contribution is -2.42. The van der Waals surface area contributed by atoms with Gasteiger partial charge in [-0.15, -0.1) is 0 Å². The average molecular weight is 549 g/mol. The fourth-order valence-electron chi connectivity index (χ4n) is 5.18. The number of fused-ring (bicyclic) bond motifs is 2. The second kappa shape index (κ2) is 12.2. The van der Waals surface area contributed by atoms with Crippen molar-refractivity contribution in [3.05, 3.63) is 94.3 Å². The van der Waals surface area contributed by atoms with Crippen molar-refractivity contribution >= 4 is 23.1 Å². The Morgan fingerprint density at radius 3 is 2.72 bits per heavy atom. The minimum atomic E-state index is -0.818. The number of piperidine rings is 1. The number of carbonyl (C=O) groups is 1. The van der Waals surface area contributed by atoms with Crippen LogP contribution in [0.4, 0.5) is 0 Å². The fourth-order valence-corrected chi connectivity index (χ4v) is 5.30. The molecular weight excluding hydrogens is 516 g/mol. The number of pyridine rings is 1. The fraction of sp³-hybridized carbons (Fsp3) is 0.355. The smallest absolute Gasteiger partial charge is 0.344 e. The zero-order valence-corrected chi connectivity index (χ0v) is 22.8. The van der Waals surface area contributed by atoms with Crippen molar-refractivity contribution in [2.24, 2.45) is 0 Å². The maximum absolute atomic E-state index is 11.8. The molecule has 8 heteroatoms. The van der Waals surface area contributed by atoms with E-state index < -0.39 is 11.6 Å². The molecule has 0 atom stereocenters. The molecule has 5 rings (SSSR count). The summed E-state index contributed by atoms with van der Waals surface area (Å²) in [4.78, 5) is 18.7. The summed E-state index contributed by atoms with van der Waals surface area (Å²) in [6.07, 6.45) is 6.17. The molecule has 1 saturated heterocycles. The van der Waals surface area contributed by atoms with Gasteiger partial charge in [-0.3, -0.25) is 4.98 Å². The van der Waals surface area contributed by atoms with Crippen LogP contribution < -0.4 is 9.47 Å². The maximum atomic E-state index is 11.8. The van der Waals surface area contributed by atoms with Gasteiger partial charge in [0.2, 0.25) is 0 Å². The van der Waals surface area contributed by atoms with Crippen LogP contribution in [-0.4, -0.2) is 53.8 Å². The Labute approximate surface area is 234 Å². The number of hydrogen-bond donors (Lipinski definition) is 1. The summed E-state index contributed by atoms with van der Waals surface area (Å²) in [5.41, 5.74) is 3.94. The molecule has 7 nitrogen and oxygen atoms in total. The van der Waals surface area contributed by atoms with E-state index in [2.05, 4.69) is 22.0 Å². The Hall–Kier alpha value is -3.39. The van der Waals surface area contributed by atoms with Gasteiger partial charge in [0, 0.05) is 42.0 Å². The van der Waals surface area contributed by atoms with Crippen LogP contribution in [-0.2, 0) is 21.7 Å². The number of likely N-dealkylation sites (tertiary alicyclic amines) is 1. The lowest BCUT2D eigenvalue weighted by Gasteiger charge is -2.38. The number of esters is 1. The van der Waals surface area contributed by atoms with Gasteiger partial charge in [0.15, 0.2) is 6.61 Å². The van der Waals surface area contributed by atoms with E-state index in [-0.39, 0.29) is 6.61 Å². The van der Waals surface area contributed by atoms with E-state index in [4.69, 9.17) is 25.8 Å². The summed E-state index contributed by atoms with van der Waals surface area (Å²) in [6.45, 7) is 4.79. The van der Waals surface area contributed by atoms with Crippen LogP contribution in [0, 0.1) is 0 Å². The molecule has 1 aromatic heterocycles. The molecule has 1 fully saturated rings. The van der Waals surface area contributed by atoms with Gasteiger partial charge < -0.3 is 24.2 Å². The summed E-state index contributed by atoms with van der Waals surface area (Å²) in [5.74, 6) is 0.911. The first kappa shape index (κ1) is 27.2. The minimum Gasteiger partial charge on any atom is -0.487 e. The highest BCUT2D eigenvalue weighted by atomic mass is 35.5. The second-order valence-corrected chi connectivity index (χ2v) is 10.3. The molecule has 2 aliphatic heterocycles. The zero-order valence-electron chi connectivity index (χ0n) is 22.1. The number of benzene rings is 2. The third-order valence-electron chi connectivity index (χ3n) is 7.31. The highest BCUT2D eigenvalue weighted by molar-refractivity contribution is 6.30. The van der Waals surface area contributed by atoms with Gasteiger partial charge in [0.1, 0.15) is 18.1 Å². The molecule has 3 heterocycles. The van der Waals surface area contributed by atoms with Gasteiger partial charge in [-0.2, -0.15) is 0 Å². The molecule has 2 aromatic carbocycles. The first-order chi connectivity index (χ1) is 18.9. The Bertz CT molecular complexity index is 1330. The summed E-state index contributed by atoms with van der Waals surface area (Å²) in [5, 5.41) is 11.9. The van der Waals surface area contributed by atoms with E-state index in [0.717, 1.165) is 59.8 Å². The lowest BCUT2D eigenvalue weighted by molar-refractivity contribution is -0.145. The van der Waals surface area contributed by atoms with Gasteiger partial charge in [-0.25, -0.2) is 4.79 Å². The molecule has 0 unspecified atom stereocenters. The van der Waals surface area contributed by atoms with Crippen LogP contribution in [0.5, 0.6) is 11.5 Å². The van der Waals surface area contributed by atoms with Gasteiger partial charge in [-0.05, 0) is 73.7 Å². The molecule has 0 saturated carbocycles. The number of ether oxygens (including phenoxy) is 3. The third kappa shape index (κ3) is 6.44. The molecule has 0 spiro atoms. The highest BCUT2D eigenvalue weighted by Crippen LogP contribution is 2.39. The molecule has 2 aliphatic rings. The largest absolute Gasteiger partial charge is 0.487 e. The standard InChI is InChI=1S/C31H33ClN2O5/c1-2-37-30(35)21-38-24-11-12-29-27(19-24)25(26-5-3-15-33-28(26)20-39-29)6-4-16-34-17-13-31(36,14-18-34)22-7-9-23(32)10-8-22/h3,5-12,15,19,36H,2,4,13-14,16-18,20-21H2,1H3/b25-6+. The monoisotopic (exact) mass is 548 g/mol. The van der Waals surface area contributed by atoms with Crippen LogP contribution in [0.3, 0.4) is 0 Å². The first-order valence-electron chi connectivity index (χ1n) is 13.4. The average Bonchev–Trinajstić information content (AvgIpc) is 3.10. The van der Waals surface area contributed by atoms with Crippen LogP contribution in [0.2, 0.25) is 5.02 Å². The van der Waals surface area contributed by atoms with Gasteiger partial charge in [0.05, 0.1) is 17.9 Å². The Morgan fingerprint density at radius 2 is 1.95 bits per heavy atom. The summed E-state index contributed by atoms with van der Waals surface area (Å²) in [6, 6.07) is 17.1.